The van der Waals surface area contributed by atoms with Crippen LogP contribution < -0.4 is 0 Å². The number of Topliss-reactive ketones (excluding diaryl/α,β-unsaturated/α-hetero) is 2. The molecule has 0 amide bonds. The fourth-order valence-electron chi connectivity index (χ4n) is 1.86. The number of ether oxygens (including phenoxy) is 1. The van der Waals surface area contributed by atoms with Gasteiger partial charge in [-0.25, -0.2) is 0 Å². The Balaban J connectivity index is 3.31. The average molecular weight is 208 g/mol. The number of hydrogen-bond acceptors (Lipinski definition) is 3. The van der Waals surface area contributed by atoms with E-state index >= 15 is 0 Å². The number of rotatable bonds is 3. The Hall–Kier alpha value is -1.38. The topological polar surface area (TPSA) is 43.4 Å². The Bertz CT molecular complexity index is 372. The molecule has 0 aromatic carbocycles. The minimum Gasteiger partial charge on any atom is -0.492 e. The Morgan fingerprint density at radius 2 is 1.53 bits per heavy atom. The molecule has 0 radical (unpaired) electrons. The lowest BCUT2D eigenvalue weighted by atomic mass is 9.86. The number of methoxy groups -OCH3 is 1. The van der Waals surface area contributed by atoms with Crippen LogP contribution in [0.25, 0.3) is 0 Å². The zero-order valence-electron chi connectivity index (χ0n) is 9.64. The van der Waals surface area contributed by atoms with Crippen LogP contribution in [0.5, 0.6) is 0 Å². The summed E-state index contributed by atoms with van der Waals surface area (Å²) >= 11 is 0. The SMILES string of the molecule is CCC1=C(C)C(=O)C(OC)=C(CC)C1=O. The van der Waals surface area contributed by atoms with Gasteiger partial charge >= 0.3 is 0 Å². The molecule has 1 aliphatic carbocycles. The summed E-state index contributed by atoms with van der Waals surface area (Å²) in [5.74, 6) is 0.0388. The second kappa shape index (κ2) is 4.43. The highest BCUT2D eigenvalue weighted by Gasteiger charge is 2.31. The van der Waals surface area contributed by atoms with Crippen molar-refractivity contribution in [2.75, 3.05) is 7.11 Å². The van der Waals surface area contributed by atoms with E-state index in [1.165, 1.54) is 7.11 Å². The first kappa shape index (κ1) is 11.7. The molecule has 0 atom stereocenters. The Morgan fingerprint density at radius 1 is 1.00 bits per heavy atom. The van der Waals surface area contributed by atoms with Gasteiger partial charge in [0.2, 0.25) is 5.78 Å². The van der Waals surface area contributed by atoms with E-state index in [2.05, 4.69) is 0 Å². The first-order valence-electron chi connectivity index (χ1n) is 5.14. The van der Waals surface area contributed by atoms with E-state index in [1.807, 2.05) is 13.8 Å². The van der Waals surface area contributed by atoms with Crippen LogP contribution in [0.1, 0.15) is 33.6 Å². The molecular weight excluding hydrogens is 192 g/mol. The number of carbonyl (C=O) groups is 2. The molecule has 0 aromatic rings. The number of carbonyl (C=O) groups excluding carboxylic acids is 2. The van der Waals surface area contributed by atoms with E-state index in [0.717, 1.165) is 0 Å². The molecule has 0 saturated heterocycles. The predicted molar refractivity (Wildman–Crippen MR) is 57.3 cm³/mol. The Kier molecular flexibility index (Phi) is 3.45. The third-order valence-electron chi connectivity index (χ3n) is 2.73. The number of hydrogen-bond donors (Lipinski definition) is 0. The van der Waals surface area contributed by atoms with Crippen LogP contribution in [0, 0.1) is 0 Å². The minimum absolute atomic E-state index is 0.0334. The van der Waals surface area contributed by atoms with Gasteiger partial charge < -0.3 is 4.74 Å². The van der Waals surface area contributed by atoms with Gasteiger partial charge in [0.25, 0.3) is 0 Å². The van der Waals surface area contributed by atoms with Gasteiger partial charge in [-0.15, -0.1) is 0 Å². The predicted octanol–water partition coefficient (Wildman–Crippen LogP) is 2.18. The van der Waals surface area contributed by atoms with E-state index in [9.17, 15) is 9.59 Å². The van der Waals surface area contributed by atoms with E-state index in [1.54, 1.807) is 6.92 Å². The molecule has 3 nitrogen and oxygen atoms in total. The first-order chi connectivity index (χ1) is 7.08. The molecule has 3 heteroatoms. The highest BCUT2D eigenvalue weighted by atomic mass is 16.5. The number of allylic oxidation sites excluding steroid dienone is 3. The molecule has 0 aliphatic heterocycles. The average Bonchev–Trinajstić information content (AvgIpc) is 2.23. The maximum Gasteiger partial charge on any atom is 0.224 e. The molecule has 0 fully saturated rings. The summed E-state index contributed by atoms with van der Waals surface area (Å²) in [7, 11) is 1.43. The summed E-state index contributed by atoms with van der Waals surface area (Å²) in [5.41, 5.74) is 1.65. The Labute approximate surface area is 89.8 Å². The van der Waals surface area contributed by atoms with Crippen LogP contribution in [0.3, 0.4) is 0 Å². The van der Waals surface area contributed by atoms with Crippen molar-refractivity contribution in [2.45, 2.75) is 33.6 Å². The fraction of sp³-hybridized carbons (Fsp3) is 0.500. The lowest BCUT2D eigenvalue weighted by Gasteiger charge is -2.19. The molecule has 0 spiro atoms. The van der Waals surface area contributed by atoms with Gasteiger partial charge in [0.05, 0.1) is 7.11 Å². The van der Waals surface area contributed by atoms with Crippen molar-refractivity contribution in [3.05, 3.63) is 22.5 Å². The summed E-state index contributed by atoms with van der Waals surface area (Å²) in [5, 5.41) is 0. The molecule has 0 N–H and O–H groups in total. The lowest BCUT2D eigenvalue weighted by molar-refractivity contribution is -0.119. The molecule has 1 aliphatic rings. The molecule has 0 aromatic heterocycles. The molecule has 0 bridgehead atoms. The van der Waals surface area contributed by atoms with Crippen molar-refractivity contribution in [3.63, 3.8) is 0 Å². The molecule has 15 heavy (non-hydrogen) atoms. The molecule has 0 heterocycles. The maximum absolute atomic E-state index is 12.0. The van der Waals surface area contributed by atoms with Crippen molar-refractivity contribution >= 4 is 11.6 Å². The van der Waals surface area contributed by atoms with Gasteiger partial charge in [0.1, 0.15) is 0 Å². The van der Waals surface area contributed by atoms with E-state index in [-0.39, 0.29) is 17.3 Å². The zero-order valence-corrected chi connectivity index (χ0v) is 9.64. The second-order valence-corrected chi connectivity index (χ2v) is 3.48. The van der Waals surface area contributed by atoms with Gasteiger partial charge in [-0.1, -0.05) is 13.8 Å². The monoisotopic (exact) mass is 208 g/mol. The second-order valence-electron chi connectivity index (χ2n) is 3.48. The maximum atomic E-state index is 12.0. The first-order valence-corrected chi connectivity index (χ1v) is 5.14. The zero-order chi connectivity index (χ0) is 11.6. The van der Waals surface area contributed by atoms with Crippen molar-refractivity contribution < 1.29 is 14.3 Å². The third kappa shape index (κ3) is 1.74. The third-order valence-corrected chi connectivity index (χ3v) is 2.73. The normalized spacial score (nSPS) is 17.6. The van der Waals surface area contributed by atoms with Crippen LogP contribution in [-0.2, 0) is 14.3 Å². The molecule has 0 saturated carbocycles. The van der Waals surface area contributed by atoms with Gasteiger partial charge in [-0.05, 0) is 19.8 Å². The van der Waals surface area contributed by atoms with E-state index in [0.29, 0.717) is 29.6 Å². The summed E-state index contributed by atoms with van der Waals surface area (Å²) < 4.78 is 5.02. The smallest absolute Gasteiger partial charge is 0.224 e. The van der Waals surface area contributed by atoms with Crippen LogP contribution in [-0.4, -0.2) is 18.7 Å². The van der Waals surface area contributed by atoms with Crippen LogP contribution in [0.4, 0.5) is 0 Å². The highest BCUT2D eigenvalue weighted by molar-refractivity contribution is 6.24. The van der Waals surface area contributed by atoms with Gasteiger partial charge in [0, 0.05) is 16.7 Å². The van der Waals surface area contributed by atoms with E-state index < -0.39 is 0 Å². The summed E-state index contributed by atoms with van der Waals surface area (Å²) in [4.78, 5) is 23.8. The number of ketones is 2. The molecule has 82 valence electrons. The van der Waals surface area contributed by atoms with Crippen molar-refractivity contribution in [3.8, 4) is 0 Å². The van der Waals surface area contributed by atoms with Crippen molar-refractivity contribution in [1.82, 2.24) is 0 Å². The minimum atomic E-state index is -0.147. The standard InChI is InChI=1S/C12H16O3/c1-5-8-7(3)10(13)12(15-4)9(6-2)11(8)14/h5-6H2,1-4H3. The van der Waals surface area contributed by atoms with Gasteiger partial charge in [-0.2, -0.15) is 0 Å². The van der Waals surface area contributed by atoms with Crippen LogP contribution >= 0.6 is 0 Å². The lowest BCUT2D eigenvalue weighted by Crippen LogP contribution is -2.23. The summed E-state index contributed by atoms with van der Waals surface area (Å²) in [6.45, 7) is 5.42. The van der Waals surface area contributed by atoms with Crippen LogP contribution in [0.15, 0.2) is 22.5 Å². The van der Waals surface area contributed by atoms with Gasteiger partial charge in [0.15, 0.2) is 11.5 Å². The fourth-order valence-corrected chi connectivity index (χ4v) is 1.86. The highest BCUT2D eigenvalue weighted by Crippen LogP contribution is 2.28. The molecule has 1 rings (SSSR count). The van der Waals surface area contributed by atoms with Crippen molar-refractivity contribution in [1.29, 1.82) is 0 Å². The molecule has 0 unspecified atom stereocenters. The quantitative estimate of drug-likeness (QED) is 0.667. The van der Waals surface area contributed by atoms with Gasteiger partial charge in [-0.3, -0.25) is 9.59 Å². The Morgan fingerprint density at radius 3 is 1.93 bits per heavy atom. The van der Waals surface area contributed by atoms with Crippen molar-refractivity contribution in [2.24, 2.45) is 0 Å². The van der Waals surface area contributed by atoms with E-state index in [4.69, 9.17) is 4.74 Å². The largest absolute Gasteiger partial charge is 0.492 e. The summed E-state index contributed by atoms with van der Waals surface area (Å²) in [6, 6.07) is 0. The van der Waals surface area contributed by atoms with Crippen LogP contribution in [0.2, 0.25) is 0 Å². The molecular formula is C12H16O3. The summed E-state index contributed by atoms with van der Waals surface area (Å²) in [6.07, 6.45) is 1.13.